The van der Waals surface area contributed by atoms with Gasteiger partial charge in [-0.3, -0.25) is 0 Å². The minimum absolute atomic E-state index is 0.0813. The molecule has 8 nitrogen and oxygen atoms in total. The number of rotatable bonds is 7. The molecule has 3 N–H and O–H groups in total. The van der Waals surface area contributed by atoms with E-state index >= 15 is 0 Å². The predicted molar refractivity (Wildman–Crippen MR) is 136 cm³/mol. The Labute approximate surface area is 205 Å². The molecular formula is C27H30N6O2. The molecule has 2 aliphatic heterocycles. The summed E-state index contributed by atoms with van der Waals surface area (Å²) in [4.78, 5) is 9.03. The van der Waals surface area contributed by atoms with Crippen LogP contribution in [0.2, 0.25) is 0 Å². The number of nitrogens with zero attached hydrogens (tertiary/aromatic N) is 3. The van der Waals surface area contributed by atoms with Crippen molar-refractivity contribution in [2.24, 2.45) is 0 Å². The van der Waals surface area contributed by atoms with Crippen molar-refractivity contribution in [1.82, 2.24) is 15.3 Å². The predicted octanol–water partition coefficient (Wildman–Crippen LogP) is 4.48. The molecular weight excluding hydrogens is 440 g/mol. The Balaban J connectivity index is 1.26. The molecule has 5 rings (SSSR count). The zero-order valence-electron chi connectivity index (χ0n) is 19.7. The summed E-state index contributed by atoms with van der Waals surface area (Å²) in [6, 6.07) is 18.4. The van der Waals surface area contributed by atoms with E-state index in [0.717, 1.165) is 61.4 Å². The third-order valence-corrected chi connectivity index (χ3v) is 6.36. The van der Waals surface area contributed by atoms with Crippen LogP contribution in [0.15, 0.2) is 54.7 Å². The van der Waals surface area contributed by atoms with Gasteiger partial charge in [-0.05, 0) is 74.5 Å². The molecule has 1 aromatic heterocycles. The first-order valence-corrected chi connectivity index (χ1v) is 12.2. The van der Waals surface area contributed by atoms with E-state index in [0.29, 0.717) is 36.5 Å². The van der Waals surface area contributed by atoms with E-state index < -0.39 is 0 Å². The van der Waals surface area contributed by atoms with Crippen LogP contribution in [0.4, 0.5) is 17.3 Å². The van der Waals surface area contributed by atoms with Gasteiger partial charge in [-0.15, -0.1) is 0 Å². The Hall–Kier alpha value is -3.67. The lowest BCUT2D eigenvalue weighted by Gasteiger charge is -2.24. The largest absolute Gasteiger partial charge is 0.489 e. The molecule has 35 heavy (non-hydrogen) atoms. The second-order valence-corrected chi connectivity index (χ2v) is 8.89. The van der Waals surface area contributed by atoms with Crippen molar-refractivity contribution in [3.63, 3.8) is 0 Å². The molecule has 0 amide bonds. The lowest BCUT2D eigenvalue weighted by molar-refractivity contribution is 0.0254. The first-order chi connectivity index (χ1) is 17.3. The number of anilines is 3. The molecule has 0 spiro atoms. The van der Waals surface area contributed by atoms with Crippen molar-refractivity contribution in [2.45, 2.75) is 37.8 Å². The maximum atomic E-state index is 9.69. The molecule has 3 aromatic rings. The summed E-state index contributed by atoms with van der Waals surface area (Å²) in [5.41, 5.74) is 4.10. The highest BCUT2D eigenvalue weighted by Crippen LogP contribution is 2.28. The van der Waals surface area contributed by atoms with Crippen LogP contribution in [-0.2, 0) is 4.74 Å². The van der Waals surface area contributed by atoms with Crippen molar-refractivity contribution in [3.05, 3.63) is 60.3 Å². The number of piperidine rings is 1. The summed E-state index contributed by atoms with van der Waals surface area (Å²) in [6.45, 7) is 3.51. The van der Waals surface area contributed by atoms with Gasteiger partial charge in [0.2, 0.25) is 5.95 Å². The smallest absolute Gasteiger partial charge is 0.227 e. The molecule has 8 heteroatoms. The van der Waals surface area contributed by atoms with E-state index in [-0.39, 0.29) is 6.10 Å². The van der Waals surface area contributed by atoms with Crippen molar-refractivity contribution in [1.29, 1.82) is 5.26 Å². The number of aromatic nitrogens is 2. The summed E-state index contributed by atoms with van der Waals surface area (Å²) in [6.07, 6.45) is 5.74. The molecule has 0 aliphatic carbocycles. The van der Waals surface area contributed by atoms with Gasteiger partial charge in [0.1, 0.15) is 17.9 Å². The van der Waals surface area contributed by atoms with Gasteiger partial charge in [0.05, 0.1) is 24.5 Å². The van der Waals surface area contributed by atoms with Crippen LogP contribution in [0.25, 0.3) is 11.3 Å². The first kappa shape index (κ1) is 23.1. The third-order valence-electron chi connectivity index (χ3n) is 6.36. The van der Waals surface area contributed by atoms with Crippen LogP contribution in [0.5, 0.6) is 5.75 Å². The second-order valence-electron chi connectivity index (χ2n) is 8.89. The van der Waals surface area contributed by atoms with Gasteiger partial charge in [-0.1, -0.05) is 0 Å². The van der Waals surface area contributed by atoms with Crippen molar-refractivity contribution >= 4 is 17.3 Å². The fraction of sp³-hybridized carbons (Fsp3) is 0.370. The highest BCUT2D eigenvalue weighted by atomic mass is 16.5. The number of benzene rings is 2. The first-order valence-electron chi connectivity index (χ1n) is 12.2. The zero-order chi connectivity index (χ0) is 23.9. The van der Waals surface area contributed by atoms with Crippen LogP contribution in [0.1, 0.15) is 31.2 Å². The fourth-order valence-corrected chi connectivity index (χ4v) is 4.41. The summed E-state index contributed by atoms with van der Waals surface area (Å²) >= 11 is 0. The molecule has 2 aromatic carbocycles. The third kappa shape index (κ3) is 6.07. The van der Waals surface area contributed by atoms with E-state index in [9.17, 15) is 5.26 Å². The maximum absolute atomic E-state index is 9.69. The average molecular weight is 471 g/mol. The van der Waals surface area contributed by atoms with E-state index in [1.165, 1.54) is 0 Å². The fourth-order valence-electron chi connectivity index (χ4n) is 4.41. The molecule has 0 radical (unpaired) electrons. The van der Waals surface area contributed by atoms with Crippen LogP contribution in [0, 0.1) is 11.3 Å². The van der Waals surface area contributed by atoms with E-state index in [4.69, 9.17) is 9.47 Å². The van der Waals surface area contributed by atoms with Gasteiger partial charge in [-0.2, -0.15) is 5.26 Å². The van der Waals surface area contributed by atoms with E-state index in [2.05, 4.69) is 44.1 Å². The highest BCUT2D eigenvalue weighted by Gasteiger charge is 2.18. The summed E-state index contributed by atoms with van der Waals surface area (Å²) in [5.74, 6) is 1.11. The molecule has 180 valence electrons. The minimum atomic E-state index is 0.0813. The molecule has 0 atom stereocenters. The summed E-state index contributed by atoms with van der Waals surface area (Å²) in [5, 5.41) is 20.0. The Morgan fingerprint density at radius 1 is 0.971 bits per heavy atom. The SMILES string of the molecule is N#Cc1cc(-c2ccnc(Nc3ccc(NC4CCNCC4)cc3)n2)ccc1OC1CCOCC1. The van der Waals surface area contributed by atoms with Crippen molar-refractivity contribution < 1.29 is 9.47 Å². The van der Waals surface area contributed by atoms with Crippen LogP contribution in [-0.4, -0.2) is 48.4 Å². The molecule has 0 bridgehead atoms. The number of hydrogen-bond acceptors (Lipinski definition) is 8. The van der Waals surface area contributed by atoms with Crippen LogP contribution >= 0.6 is 0 Å². The maximum Gasteiger partial charge on any atom is 0.227 e. The molecule has 0 saturated carbocycles. The van der Waals surface area contributed by atoms with Crippen molar-refractivity contribution in [3.8, 4) is 23.1 Å². The summed E-state index contributed by atoms with van der Waals surface area (Å²) in [7, 11) is 0. The van der Waals surface area contributed by atoms with Crippen LogP contribution < -0.4 is 20.7 Å². The standard InChI is InChI=1S/C27H30N6O2/c28-18-20-17-19(1-6-26(20)35-24-10-15-34-16-11-24)25-9-14-30-27(33-25)32-22-4-2-21(3-5-22)31-23-7-12-29-13-8-23/h1-6,9,14,17,23-24,29,31H,7-8,10-13,15-16H2,(H,30,32,33). The number of hydrogen-bond donors (Lipinski definition) is 3. The monoisotopic (exact) mass is 470 g/mol. The van der Waals surface area contributed by atoms with Crippen molar-refractivity contribution in [2.75, 3.05) is 36.9 Å². The van der Waals surface area contributed by atoms with Gasteiger partial charge in [-0.25, -0.2) is 9.97 Å². The molecule has 3 heterocycles. The Kier molecular flexibility index (Phi) is 7.37. The quantitative estimate of drug-likeness (QED) is 0.464. The topological polar surface area (TPSA) is 104 Å². The number of ether oxygens (including phenoxy) is 2. The average Bonchev–Trinajstić information content (AvgIpc) is 2.91. The number of nitrogens with one attached hydrogen (secondary N) is 3. The Bertz CT molecular complexity index is 1170. The van der Waals surface area contributed by atoms with Gasteiger partial charge in [0.15, 0.2) is 0 Å². The van der Waals surface area contributed by atoms with Gasteiger partial charge < -0.3 is 25.4 Å². The Morgan fingerprint density at radius 2 is 1.74 bits per heavy atom. The Morgan fingerprint density at radius 3 is 2.51 bits per heavy atom. The lowest BCUT2D eigenvalue weighted by atomic mass is 10.1. The zero-order valence-corrected chi connectivity index (χ0v) is 19.7. The number of nitriles is 1. The van der Waals surface area contributed by atoms with Gasteiger partial charge in [0, 0.05) is 42.0 Å². The normalized spacial score (nSPS) is 16.9. The van der Waals surface area contributed by atoms with Crippen LogP contribution in [0.3, 0.4) is 0 Å². The minimum Gasteiger partial charge on any atom is -0.489 e. The molecule has 2 fully saturated rings. The molecule has 2 aliphatic rings. The van der Waals surface area contributed by atoms with E-state index in [1.807, 2.05) is 36.4 Å². The van der Waals surface area contributed by atoms with Gasteiger partial charge >= 0.3 is 0 Å². The highest BCUT2D eigenvalue weighted by molar-refractivity contribution is 5.66. The van der Waals surface area contributed by atoms with E-state index in [1.54, 1.807) is 6.20 Å². The van der Waals surface area contributed by atoms with Gasteiger partial charge in [0.25, 0.3) is 0 Å². The summed E-state index contributed by atoms with van der Waals surface area (Å²) < 4.78 is 11.5. The molecule has 0 unspecified atom stereocenters. The second kappa shape index (κ2) is 11.2. The molecule has 2 saturated heterocycles. The lowest BCUT2D eigenvalue weighted by Crippen LogP contribution is -2.35.